The van der Waals surface area contributed by atoms with Gasteiger partial charge >= 0.3 is 0 Å². The Morgan fingerprint density at radius 1 is 0.938 bits per heavy atom. The van der Waals surface area contributed by atoms with Gasteiger partial charge in [-0.15, -0.1) is 0 Å². The van der Waals surface area contributed by atoms with Crippen LogP contribution in [0, 0.1) is 6.92 Å². The number of fused-ring (bicyclic) bond motifs is 1. The number of imidazole rings is 1. The van der Waals surface area contributed by atoms with E-state index in [-0.39, 0.29) is 17.9 Å². The van der Waals surface area contributed by atoms with Crippen molar-refractivity contribution >= 4 is 11.4 Å². The van der Waals surface area contributed by atoms with Gasteiger partial charge < -0.3 is 4.40 Å². The molecule has 0 spiro atoms. The summed E-state index contributed by atoms with van der Waals surface area (Å²) in [6, 6.07) is 16.1. The minimum atomic E-state index is -0.0637. The Balaban J connectivity index is 1.45. The third-order valence-corrected chi connectivity index (χ3v) is 6.49. The highest BCUT2D eigenvalue weighted by atomic mass is 16.1. The molecule has 5 rings (SSSR count). The van der Waals surface area contributed by atoms with E-state index in [0.717, 1.165) is 41.1 Å². The molecule has 0 amide bonds. The van der Waals surface area contributed by atoms with Crippen LogP contribution >= 0.6 is 0 Å². The summed E-state index contributed by atoms with van der Waals surface area (Å²) in [5.41, 5.74) is 6.21. The first kappa shape index (κ1) is 20.5. The van der Waals surface area contributed by atoms with Gasteiger partial charge in [0.25, 0.3) is 0 Å². The summed E-state index contributed by atoms with van der Waals surface area (Å²) in [6.07, 6.45) is 8.46. The zero-order valence-corrected chi connectivity index (χ0v) is 18.5. The van der Waals surface area contributed by atoms with Crippen LogP contribution in [-0.4, -0.2) is 37.1 Å². The lowest BCUT2D eigenvalue weighted by Gasteiger charge is -2.38. The fourth-order valence-corrected chi connectivity index (χ4v) is 4.72. The molecule has 6 heteroatoms. The Hall–Kier alpha value is -3.38. The topological polar surface area (TPSA) is 63.4 Å². The van der Waals surface area contributed by atoms with Gasteiger partial charge in [-0.1, -0.05) is 18.2 Å². The summed E-state index contributed by atoms with van der Waals surface area (Å²) in [6.45, 7) is 2.06. The van der Waals surface area contributed by atoms with E-state index in [4.69, 9.17) is 4.98 Å². The third-order valence-electron chi connectivity index (χ3n) is 6.49. The van der Waals surface area contributed by atoms with E-state index in [1.807, 2.05) is 36.7 Å². The van der Waals surface area contributed by atoms with Gasteiger partial charge in [-0.2, -0.15) is 0 Å². The van der Waals surface area contributed by atoms with E-state index >= 15 is 0 Å². The van der Waals surface area contributed by atoms with Gasteiger partial charge in [0.2, 0.25) is 0 Å². The molecule has 1 saturated heterocycles. The average Bonchev–Trinajstić information content (AvgIpc) is 3.25. The number of carbonyl (C=O) groups excluding carboxylic acids is 1. The first-order valence-corrected chi connectivity index (χ1v) is 11.1. The van der Waals surface area contributed by atoms with E-state index in [0.29, 0.717) is 12.8 Å². The van der Waals surface area contributed by atoms with Gasteiger partial charge in [0, 0.05) is 42.8 Å². The van der Waals surface area contributed by atoms with Gasteiger partial charge in [-0.25, -0.2) is 4.98 Å². The number of pyridine rings is 3. The SMILES string of the molecule is Cc1cccnc1C1CC(=O)CC(c2cn3c(CCc4ccccn4)cccc3n2)N1C. The number of likely N-dealkylation sites (tertiary alicyclic amines) is 1. The molecule has 0 N–H and O–H groups in total. The lowest BCUT2D eigenvalue weighted by molar-refractivity contribution is -0.125. The Labute approximate surface area is 188 Å². The van der Waals surface area contributed by atoms with Gasteiger partial charge in [0.1, 0.15) is 11.4 Å². The molecule has 4 aromatic heterocycles. The minimum Gasteiger partial charge on any atom is -0.304 e. The van der Waals surface area contributed by atoms with Crippen LogP contribution < -0.4 is 0 Å². The van der Waals surface area contributed by atoms with Crippen LogP contribution in [0.4, 0.5) is 0 Å². The van der Waals surface area contributed by atoms with Gasteiger partial charge in [0.05, 0.1) is 23.5 Å². The number of aryl methyl sites for hydroxylation is 3. The predicted molar refractivity (Wildman–Crippen MR) is 123 cm³/mol. The summed E-state index contributed by atoms with van der Waals surface area (Å²) < 4.78 is 2.16. The summed E-state index contributed by atoms with van der Waals surface area (Å²) >= 11 is 0. The molecule has 2 atom stereocenters. The van der Waals surface area contributed by atoms with E-state index in [2.05, 4.69) is 63.7 Å². The first-order valence-electron chi connectivity index (χ1n) is 11.1. The van der Waals surface area contributed by atoms with Crippen molar-refractivity contribution in [3.63, 3.8) is 0 Å². The molecule has 0 radical (unpaired) electrons. The normalized spacial score (nSPS) is 19.5. The second-order valence-corrected chi connectivity index (χ2v) is 8.58. The molecule has 0 aromatic carbocycles. The standard InChI is InChI=1S/C26H27N5O/c1-18-7-6-14-28-26(18)24-16-21(32)15-23(30(24)2)22-17-31-20(9-5-10-25(31)29-22)12-11-19-8-3-4-13-27-19/h3-10,13-14,17,23-24H,11-12,15-16H2,1-2H3. The molecule has 5 heterocycles. The maximum atomic E-state index is 12.7. The molecule has 0 saturated carbocycles. The smallest absolute Gasteiger partial charge is 0.137 e. The van der Waals surface area contributed by atoms with Crippen LogP contribution in [0.3, 0.4) is 0 Å². The van der Waals surface area contributed by atoms with Gasteiger partial charge in [-0.05, 0) is 62.7 Å². The van der Waals surface area contributed by atoms with Crippen molar-refractivity contribution < 1.29 is 4.79 Å². The van der Waals surface area contributed by atoms with Crippen molar-refractivity contribution in [2.75, 3.05) is 7.05 Å². The van der Waals surface area contributed by atoms with Crippen LogP contribution in [0.2, 0.25) is 0 Å². The number of nitrogens with zero attached hydrogens (tertiary/aromatic N) is 5. The van der Waals surface area contributed by atoms with Gasteiger partial charge in [-0.3, -0.25) is 19.7 Å². The van der Waals surface area contributed by atoms with E-state index < -0.39 is 0 Å². The van der Waals surface area contributed by atoms with E-state index in [1.165, 1.54) is 5.69 Å². The van der Waals surface area contributed by atoms with Crippen molar-refractivity contribution in [1.82, 2.24) is 24.3 Å². The predicted octanol–water partition coefficient (Wildman–Crippen LogP) is 4.30. The molecule has 162 valence electrons. The number of hydrogen-bond donors (Lipinski definition) is 0. The van der Waals surface area contributed by atoms with Crippen molar-refractivity contribution in [2.24, 2.45) is 0 Å². The molecule has 0 aliphatic carbocycles. The fraction of sp³-hybridized carbons (Fsp3) is 0.308. The molecule has 1 fully saturated rings. The second kappa shape index (κ2) is 8.63. The van der Waals surface area contributed by atoms with Crippen LogP contribution in [-0.2, 0) is 17.6 Å². The number of rotatable bonds is 5. The number of carbonyl (C=O) groups is 1. The highest BCUT2D eigenvalue weighted by Gasteiger charge is 2.36. The minimum absolute atomic E-state index is 0.0316. The molecule has 32 heavy (non-hydrogen) atoms. The highest BCUT2D eigenvalue weighted by molar-refractivity contribution is 5.81. The number of Topliss-reactive ketones (excluding diaryl/α,β-unsaturated/α-hetero) is 1. The van der Waals surface area contributed by atoms with Gasteiger partial charge in [0.15, 0.2) is 0 Å². The molecule has 1 aliphatic heterocycles. The molecular formula is C26H27N5O. The van der Waals surface area contributed by atoms with Crippen molar-refractivity contribution in [2.45, 2.75) is 44.7 Å². The zero-order chi connectivity index (χ0) is 22.1. The maximum Gasteiger partial charge on any atom is 0.137 e. The summed E-state index contributed by atoms with van der Waals surface area (Å²) in [5.74, 6) is 0.260. The van der Waals surface area contributed by atoms with E-state index in [1.54, 1.807) is 0 Å². The van der Waals surface area contributed by atoms with Crippen molar-refractivity contribution in [3.8, 4) is 0 Å². The second-order valence-electron chi connectivity index (χ2n) is 8.58. The number of aromatic nitrogens is 4. The zero-order valence-electron chi connectivity index (χ0n) is 18.5. The number of ketones is 1. The van der Waals surface area contributed by atoms with Crippen LogP contribution in [0.1, 0.15) is 53.3 Å². The van der Waals surface area contributed by atoms with Crippen LogP contribution in [0.5, 0.6) is 0 Å². The Kier molecular flexibility index (Phi) is 5.53. The maximum absolute atomic E-state index is 12.7. The molecule has 0 bridgehead atoms. The molecule has 1 aliphatic rings. The quantitative estimate of drug-likeness (QED) is 0.477. The van der Waals surface area contributed by atoms with E-state index in [9.17, 15) is 4.79 Å². The molecule has 6 nitrogen and oxygen atoms in total. The highest BCUT2D eigenvalue weighted by Crippen LogP contribution is 2.38. The molecule has 2 unspecified atom stereocenters. The number of hydrogen-bond acceptors (Lipinski definition) is 5. The lowest BCUT2D eigenvalue weighted by Crippen LogP contribution is -2.37. The summed E-state index contributed by atoms with van der Waals surface area (Å²) in [5, 5.41) is 0. The number of piperidine rings is 1. The fourth-order valence-electron chi connectivity index (χ4n) is 4.72. The average molecular weight is 426 g/mol. The molecule has 4 aromatic rings. The molecular weight excluding hydrogens is 398 g/mol. The largest absolute Gasteiger partial charge is 0.304 e. The van der Waals surface area contributed by atoms with Crippen LogP contribution in [0.15, 0.2) is 67.1 Å². The van der Waals surface area contributed by atoms with Crippen LogP contribution in [0.25, 0.3) is 5.65 Å². The first-order chi connectivity index (χ1) is 15.6. The Bertz CT molecular complexity index is 1250. The third kappa shape index (κ3) is 3.94. The van der Waals surface area contributed by atoms with Crippen molar-refractivity contribution in [1.29, 1.82) is 0 Å². The monoisotopic (exact) mass is 425 g/mol. The lowest BCUT2D eigenvalue weighted by atomic mass is 9.90. The van der Waals surface area contributed by atoms with Crippen molar-refractivity contribution in [3.05, 3.63) is 95.5 Å². The summed E-state index contributed by atoms with van der Waals surface area (Å²) in [4.78, 5) is 29.0. The summed E-state index contributed by atoms with van der Waals surface area (Å²) in [7, 11) is 2.09. The Morgan fingerprint density at radius 2 is 1.78 bits per heavy atom. The Morgan fingerprint density at radius 3 is 2.59 bits per heavy atom.